The molecule has 5 nitrogen and oxygen atoms in total. The SMILES string of the molecule is CCOC(=O)c1cnn2c(C3=CCC(C(F)(F)F)CC3)c(C)nc2c1C(C)C. The summed E-state index contributed by atoms with van der Waals surface area (Å²) < 4.78 is 45.7. The molecule has 3 rings (SSSR count). The van der Waals surface area contributed by atoms with Gasteiger partial charge in [0.15, 0.2) is 5.65 Å². The number of hydrogen-bond donors (Lipinski definition) is 0. The van der Waals surface area contributed by atoms with E-state index in [4.69, 9.17) is 4.74 Å². The van der Waals surface area contributed by atoms with E-state index in [2.05, 4.69) is 10.1 Å². The van der Waals surface area contributed by atoms with Crippen molar-refractivity contribution < 1.29 is 22.7 Å². The van der Waals surface area contributed by atoms with Crippen LogP contribution in [-0.4, -0.2) is 33.4 Å². The van der Waals surface area contributed by atoms with Crippen LogP contribution in [-0.2, 0) is 4.74 Å². The number of carbonyl (C=O) groups is 1. The van der Waals surface area contributed by atoms with E-state index in [0.717, 1.165) is 11.1 Å². The standard InChI is InChI=1S/C20H24F3N3O2/c1-5-28-19(27)15-10-24-26-17(12(4)25-18(26)16(15)11(2)3)13-6-8-14(9-7-13)20(21,22)23/h6,10-11,14H,5,7-9H2,1-4H3. The molecule has 152 valence electrons. The van der Waals surface area contributed by atoms with Crippen molar-refractivity contribution in [1.82, 2.24) is 14.6 Å². The third kappa shape index (κ3) is 3.64. The molecule has 0 N–H and O–H groups in total. The Kier molecular flexibility index (Phi) is 5.50. The first-order chi connectivity index (χ1) is 13.1. The first-order valence-corrected chi connectivity index (χ1v) is 9.46. The summed E-state index contributed by atoms with van der Waals surface area (Å²) in [6.07, 6.45) is -0.727. The molecule has 0 saturated carbocycles. The second-order valence-electron chi connectivity index (χ2n) is 7.37. The zero-order valence-electron chi connectivity index (χ0n) is 16.4. The van der Waals surface area contributed by atoms with Crippen LogP contribution in [0.5, 0.6) is 0 Å². The zero-order chi connectivity index (χ0) is 20.6. The number of carbonyl (C=O) groups excluding carboxylic acids is 1. The van der Waals surface area contributed by atoms with Crippen LogP contribution in [0.15, 0.2) is 12.3 Å². The van der Waals surface area contributed by atoms with Gasteiger partial charge in [0.1, 0.15) is 0 Å². The molecule has 0 saturated heterocycles. The van der Waals surface area contributed by atoms with Crippen molar-refractivity contribution in [3.63, 3.8) is 0 Å². The summed E-state index contributed by atoms with van der Waals surface area (Å²) in [6, 6.07) is 0. The van der Waals surface area contributed by atoms with Gasteiger partial charge >= 0.3 is 12.1 Å². The fourth-order valence-corrected chi connectivity index (χ4v) is 3.77. The second kappa shape index (κ2) is 7.56. The van der Waals surface area contributed by atoms with Gasteiger partial charge in [-0.15, -0.1) is 0 Å². The maximum Gasteiger partial charge on any atom is 0.392 e. The van der Waals surface area contributed by atoms with Crippen LogP contribution in [0.2, 0.25) is 0 Å². The van der Waals surface area contributed by atoms with Gasteiger partial charge in [0.05, 0.1) is 35.7 Å². The number of imidazole rings is 1. The van der Waals surface area contributed by atoms with Crippen molar-refractivity contribution in [3.05, 3.63) is 34.8 Å². The van der Waals surface area contributed by atoms with Crippen LogP contribution in [0.25, 0.3) is 11.2 Å². The fourth-order valence-electron chi connectivity index (χ4n) is 3.77. The number of fused-ring (bicyclic) bond motifs is 1. The van der Waals surface area contributed by atoms with Crippen LogP contribution < -0.4 is 0 Å². The van der Waals surface area contributed by atoms with Crippen molar-refractivity contribution in [2.24, 2.45) is 5.92 Å². The van der Waals surface area contributed by atoms with E-state index in [1.165, 1.54) is 6.20 Å². The lowest BCUT2D eigenvalue weighted by Gasteiger charge is -2.24. The minimum absolute atomic E-state index is 0.00509. The molecule has 0 radical (unpaired) electrons. The Morgan fingerprint density at radius 2 is 2.11 bits per heavy atom. The zero-order valence-corrected chi connectivity index (χ0v) is 16.4. The highest BCUT2D eigenvalue weighted by Crippen LogP contribution is 2.40. The molecular formula is C20H24F3N3O2. The topological polar surface area (TPSA) is 56.5 Å². The van der Waals surface area contributed by atoms with Crippen LogP contribution >= 0.6 is 0 Å². The number of allylic oxidation sites excluding steroid dienone is 2. The molecule has 0 aromatic carbocycles. The maximum atomic E-state index is 13.0. The number of halogens is 3. The summed E-state index contributed by atoms with van der Waals surface area (Å²) >= 11 is 0. The number of aryl methyl sites for hydroxylation is 1. The van der Waals surface area contributed by atoms with Crippen molar-refractivity contribution >= 4 is 17.2 Å². The Labute approximate surface area is 161 Å². The lowest BCUT2D eigenvalue weighted by atomic mass is 9.87. The van der Waals surface area contributed by atoms with E-state index >= 15 is 0 Å². The molecule has 0 fully saturated rings. The van der Waals surface area contributed by atoms with Gasteiger partial charge in [0.25, 0.3) is 0 Å². The molecule has 0 amide bonds. The average molecular weight is 395 g/mol. The third-order valence-corrected chi connectivity index (χ3v) is 5.11. The van der Waals surface area contributed by atoms with Crippen LogP contribution in [0.4, 0.5) is 13.2 Å². The van der Waals surface area contributed by atoms with Crippen LogP contribution in [0.3, 0.4) is 0 Å². The molecule has 2 aromatic rings. The molecule has 0 bridgehead atoms. The summed E-state index contributed by atoms with van der Waals surface area (Å²) in [5.74, 6) is -1.76. The smallest absolute Gasteiger partial charge is 0.392 e. The quantitative estimate of drug-likeness (QED) is 0.677. The number of esters is 1. The maximum absolute atomic E-state index is 13.0. The summed E-state index contributed by atoms with van der Waals surface area (Å²) in [4.78, 5) is 16.9. The monoisotopic (exact) mass is 395 g/mol. The number of ether oxygens (including phenoxy) is 1. The van der Waals surface area contributed by atoms with E-state index in [-0.39, 0.29) is 25.4 Å². The number of hydrogen-bond acceptors (Lipinski definition) is 4. The van der Waals surface area contributed by atoms with Gasteiger partial charge in [0.2, 0.25) is 0 Å². The molecular weight excluding hydrogens is 371 g/mol. The predicted molar refractivity (Wildman–Crippen MR) is 99.1 cm³/mol. The van der Waals surface area contributed by atoms with Crippen LogP contribution in [0, 0.1) is 12.8 Å². The van der Waals surface area contributed by atoms with Gasteiger partial charge in [0, 0.05) is 5.56 Å². The first kappa shape index (κ1) is 20.4. The average Bonchev–Trinajstić information content (AvgIpc) is 2.95. The minimum Gasteiger partial charge on any atom is -0.462 e. The Morgan fingerprint density at radius 1 is 1.39 bits per heavy atom. The minimum atomic E-state index is -4.17. The highest BCUT2D eigenvalue weighted by atomic mass is 19.4. The molecule has 28 heavy (non-hydrogen) atoms. The molecule has 1 unspecified atom stereocenters. The lowest BCUT2D eigenvalue weighted by molar-refractivity contribution is -0.175. The molecule has 1 aliphatic rings. The second-order valence-corrected chi connectivity index (χ2v) is 7.37. The summed E-state index contributed by atoms with van der Waals surface area (Å²) in [7, 11) is 0. The van der Waals surface area contributed by atoms with Gasteiger partial charge in [-0.25, -0.2) is 14.3 Å². The van der Waals surface area contributed by atoms with Gasteiger partial charge in [-0.1, -0.05) is 19.9 Å². The lowest BCUT2D eigenvalue weighted by Crippen LogP contribution is -2.24. The van der Waals surface area contributed by atoms with E-state index in [9.17, 15) is 18.0 Å². The normalized spacial score (nSPS) is 17.9. The van der Waals surface area contributed by atoms with Crippen LogP contribution in [0.1, 0.15) is 73.3 Å². The van der Waals surface area contributed by atoms with E-state index < -0.39 is 18.1 Å². The van der Waals surface area contributed by atoms with Crippen molar-refractivity contribution in [1.29, 1.82) is 0 Å². The molecule has 2 heterocycles. The van der Waals surface area contributed by atoms with E-state index in [1.807, 2.05) is 20.8 Å². The number of rotatable bonds is 4. The Bertz CT molecular complexity index is 929. The highest BCUT2D eigenvalue weighted by molar-refractivity contribution is 5.93. The summed E-state index contributed by atoms with van der Waals surface area (Å²) in [5.41, 5.74) is 3.87. The Balaban J connectivity index is 2.09. The fraction of sp³-hybridized carbons (Fsp3) is 0.550. The summed E-state index contributed by atoms with van der Waals surface area (Å²) in [5, 5.41) is 4.38. The van der Waals surface area contributed by atoms with Gasteiger partial charge in [-0.05, 0) is 44.6 Å². The summed E-state index contributed by atoms with van der Waals surface area (Å²) in [6.45, 7) is 7.72. The number of alkyl halides is 3. The Morgan fingerprint density at radius 3 is 2.64 bits per heavy atom. The van der Waals surface area contributed by atoms with Gasteiger partial charge in [-0.3, -0.25) is 0 Å². The predicted octanol–water partition coefficient (Wildman–Crippen LogP) is 5.08. The van der Waals surface area contributed by atoms with Gasteiger partial charge < -0.3 is 4.74 Å². The molecule has 1 atom stereocenters. The largest absolute Gasteiger partial charge is 0.462 e. The highest BCUT2D eigenvalue weighted by Gasteiger charge is 2.40. The molecule has 1 aliphatic carbocycles. The number of aromatic nitrogens is 3. The van der Waals surface area contributed by atoms with Crippen molar-refractivity contribution in [3.8, 4) is 0 Å². The first-order valence-electron chi connectivity index (χ1n) is 9.46. The molecule has 8 heteroatoms. The van der Waals surface area contributed by atoms with Gasteiger partial charge in [-0.2, -0.15) is 18.3 Å². The van der Waals surface area contributed by atoms with Crippen molar-refractivity contribution in [2.75, 3.05) is 6.61 Å². The molecule has 0 aliphatic heterocycles. The molecule has 2 aromatic heterocycles. The van der Waals surface area contributed by atoms with Crippen molar-refractivity contribution in [2.45, 2.75) is 59.1 Å². The Hall–Kier alpha value is -2.38. The third-order valence-electron chi connectivity index (χ3n) is 5.11. The van der Waals surface area contributed by atoms with E-state index in [0.29, 0.717) is 29.0 Å². The van der Waals surface area contributed by atoms with E-state index in [1.54, 1.807) is 17.5 Å². The number of nitrogens with zero attached hydrogens (tertiary/aromatic N) is 3. The molecule has 0 spiro atoms.